The summed E-state index contributed by atoms with van der Waals surface area (Å²) in [4.78, 5) is 15.0. The highest BCUT2D eigenvalue weighted by Crippen LogP contribution is 2.28. The number of carbonyl (C=O) groups excluding carboxylic acids is 1. The molecule has 1 fully saturated rings. The van der Waals surface area contributed by atoms with Crippen molar-refractivity contribution in [2.24, 2.45) is 5.41 Å². The second-order valence-corrected chi connectivity index (χ2v) is 6.36. The monoisotopic (exact) mass is 267 g/mol. The van der Waals surface area contributed by atoms with E-state index in [1.54, 1.807) is 11.3 Å². The van der Waals surface area contributed by atoms with Gasteiger partial charge in [0.2, 0.25) is 0 Å². The molecular formula is C14H21NO2S. The summed E-state index contributed by atoms with van der Waals surface area (Å²) < 4.78 is 5.38. The first-order valence-electron chi connectivity index (χ1n) is 6.42. The third-order valence-electron chi connectivity index (χ3n) is 3.78. The number of aldehydes is 1. The Morgan fingerprint density at radius 2 is 2.50 bits per heavy atom. The van der Waals surface area contributed by atoms with Crippen LogP contribution in [-0.4, -0.2) is 44.0 Å². The van der Waals surface area contributed by atoms with Crippen LogP contribution >= 0.6 is 11.3 Å². The second kappa shape index (κ2) is 5.95. The average molecular weight is 267 g/mol. The Labute approximate surface area is 113 Å². The molecule has 0 N–H and O–H groups in total. The topological polar surface area (TPSA) is 29.5 Å². The van der Waals surface area contributed by atoms with Crippen molar-refractivity contribution in [2.75, 3.05) is 26.8 Å². The number of nitrogens with zero attached hydrogens (tertiary/aromatic N) is 1. The Morgan fingerprint density at radius 1 is 1.67 bits per heavy atom. The molecule has 18 heavy (non-hydrogen) atoms. The lowest BCUT2D eigenvalue weighted by Crippen LogP contribution is -2.42. The van der Waals surface area contributed by atoms with E-state index in [1.165, 1.54) is 4.88 Å². The molecule has 0 aromatic carbocycles. The van der Waals surface area contributed by atoms with Crippen LogP contribution in [-0.2, 0) is 16.0 Å². The molecule has 100 valence electrons. The molecule has 2 unspecified atom stereocenters. The zero-order valence-electron chi connectivity index (χ0n) is 11.1. The first-order valence-corrected chi connectivity index (χ1v) is 7.30. The maximum Gasteiger partial charge on any atom is 0.129 e. The van der Waals surface area contributed by atoms with E-state index in [9.17, 15) is 4.79 Å². The smallest absolute Gasteiger partial charge is 0.129 e. The normalized spacial score (nSPS) is 25.5. The minimum absolute atomic E-state index is 0.279. The van der Waals surface area contributed by atoms with Crippen molar-refractivity contribution in [3.8, 4) is 0 Å². The highest BCUT2D eigenvalue weighted by molar-refractivity contribution is 7.09. The van der Waals surface area contributed by atoms with Gasteiger partial charge in [-0.15, -0.1) is 11.3 Å². The van der Waals surface area contributed by atoms with Gasteiger partial charge in [0, 0.05) is 24.1 Å². The van der Waals surface area contributed by atoms with E-state index < -0.39 is 0 Å². The molecule has 0 radical (unpaired) electrons. The Hall–Kier alpha value is -0.710. The van der Waals surface area contributed by atoms with Crippen LogP contribution in [0.5, 0.6) is 0 Å². The maximum absolute atomic E-state index is 11.3. The van der Waals surface area contributed by atoms with Gasteiger partial charge >= 0.3 is 0 Å². The predicted octanol–water partition coefficient (Wildman–Crippen LogP) is 2.22. The van der Waals surface area contributed by atoms with Crippen molar-refractivity contribution in [3.05, 3.63) is 22.4 Å². The van der Waals surface area contributed by atoms with Gasteiger partial charge in [0.05, 0.1) is 12.0 Å². The third-order valence-corrected chi connectivity index (χ3v) is 4.68. The number of carbonyl (C=O) groups is 1. The van der Waals surface area contributed by atoms with Gasteiger partial charge in [0.1, 0.15) is 6.29 Å². The van der Waals surface area contributed by atoms with Crippen molar-refractivity contribution in [1.82, 2.24) is 4.90 Å². The minimum atomic E-state index is -0.279. The number of hydrogen-bond donors (Lipinski definition) is 0. The molecule has 1 aliphatic rings. The zero-order valence-corrected chi connectivity index (χ0v) is 11.9. The molecular weight excluding hydrogens is 246 g/mol. The standard InChI is InChI=1S/C14H21NO2S/c1-12(8-13-4-3-7-18-13)15(2)9-14(10-16)5-6-17-11-14/h3-4,7,10,12H,5-6,8-9,11H2,1-2H3. The van der Waals surface area contributed by atoms with Crippen LogP contribution < -0.4 is 0 Å². The average Bonchev–Trinajstić information content (AvgIpc) is 3.01. The first kappa shape index (κ1) is 13.7. The molecule has 2 atom stereocenters. The van der Waals surface area contributed by atoms with Crippen LogP contribution in [0.4, 0.5) is 0 Å². The molecule has 1 saturated heterocycles. The van der Waals surface area contributed by atoms with E-state index in [0.29, 0.717) is 19.3 Å². The number of rotatable bonds is 6. The fraction of sp³-hybridized carbons (Fsp3) is 0.643. The fourth-order valence-corrected chi connectivity index (χ4v) is 3.23. The summed E-state index contributed by atoms with van der Waals surface area (Å²) >= 11 is 1.80. The largest absolute Gasteiger partial charge is 0.380 e. The van der Waals surface area contributed by atoms with E-state index in [0.717, 1.165) is 25.7 Å². The fourth-order valence-electron chi connectivity index (χ4n) is 2.41. The van der Waals surface area contributed by atoms with Crippen LogP contribution in [0.3, 0.4) is 0 Å². The molecule has 1 aromatic rings. The van der Waals surface area contributed by atoms with E-state index in [2.05, 4.69) is 36.4 Å². The van der Waals surface area contributed by atoms with Gasteiger partial charge in [-0.1, -0.05) is 6.07 Å². The summed E-state index contributed by atoms with van der Waals surface area (Å²) in [6.07, 6.45) is 2.99. The number of thiophene rings is 1. The summed E-state index contributed by atoms with van der Waals surface area (Å²) in [6.45, 7) is 4.30. The lowest BCUT2D eigenvalue weighted by molar-refractivity contribution is -0.117. The molecule has 0 bridgehead atoms. The summed E-state index contributed by atoms with van der Waals surface area (Å²) in [5, 5.41) is 2.11. The molecule has 3 nitrogen and oxygen atoms in total. The Balaban J connectivity index is 1.90. The van der Waals surface area contributed by atoms with Gasteiger partial charge in [-0.25, -0.2) is 0 Å². The second-order valence-electron chi connectivity index (χ2n) is 5.33. The van der Waals surface area contributed by atoms with Gasteiger partial charge in [-0.05, 0) is 38.3 Å². The van der Waals surface area contributed by atoms with Gasteiger partial charge in [-0.3, -0.25) is 0 Å². The number of likely N-dealkylation sites (N-methyl/N-ethyl adjacent to an activating group) is 1. The summed E-state index contributed by atoms with van der Waals surface area (Å²) in [5.74, 6) is 0. The van der Waals surface area contributed by atoms with Gasteiger partial charge in [0.15, 0.2) is 0 Å². The Bertz CT molecular complexity index is 371. The molecule has 2 heterocycles. The lowest BCUT2D eigenvalue weighted by Gasteiger charge is -2.31. The first-order chi connectivity index (χ1) is 8.65. The van der Waals surface area contributed by atoms with Crippen LogP contribution in [0.25, 0.3) is 0 Å². The quantitative estimate of drug-likeness (QED) is 0.740. The van der Waals surface area contributed by atoms with Crippen LogP contribution in [0.1, 0.15) is 18.2 Å². The molecule has 2 rings (SSSR count). The van der Waals surface area contributed by atoms with Crippen LogP contribution in [0, 0.1) is 5.41 Å². The predicted molar refractivity (Wildman–Crippen MR) is 74.0 cm³/mol. The zero-order chi connectivity index (χ0) is 13.0. The van der Waals surface area contributed by atoms with Crippen molar-refractivity contribution in [3.63, 3.8) is 0 Å². The lowest BCUT2D eigenvalue weighted by atomic mass is 9.88. The van der Waals surface area contributed by atoms with Crippen molar-refractivity contribution in [1.29, 1.82) is 0 Å². The van der Waals surface area contributed by atoms with Crippen LogP contribution in [0.2, 0.25) is 0 Å². The molecule has 4 heteroatoms. The number of hydrogen-bond acceptors (Lipinski definition) is 4. The van der Waals surface area contributed by atoms with Gasteiger partial charge in [-0.2, -0.15) is 0 Å². The molecule has 1 aliphatic heterocycles. The van der Waals surface area contributed by atoms with Gasteiger partial charge < -0.3 is 14.4 Å². The molecule has 0 amide bonds. The minimum Gasteiger partial charge on any atom is -0.380 e. The van der Waals surface area contributed by atoms with E-state index >= 15 is 0 Å². The van der Waals surface area contributed by atoms with Crippen molar-refractivity contribution in [2.45, 2.75) is 25.8 Å². The third kappa shape index (κ3) is 3.19. The van der Waals surface area contributed by atoms with E-state index in [-0.39, 0.29) is 5.41 Å². The molecule has 0 saturated carbocycles. The van der Waals surface area contributed by atoms with Crippen molar-refractivity contribution < 1.29 is 9.53 Å². The van der Waals surface area contributed by atoms with Crippen LogP contribution in [0.15, 0.2) is 17.5 Å². The SMILES string of the molecule is CC(Cc1cccs1)N(C)CC1(C=O)CCOC1. The Morgan fingerprint density at radius 3 is 3.06 bits per heavy atom. The summed E-state index contributed by atoms with van der Waals surface area (Å²) in [5.41, 5.74) is -0.279. The number of ether oxygens (including phenoxy) is 1. The van der Waals surface area contributed by atoms with Gasteiger partial charge in [0.25, 0.3) is 0 Å². The maximum atomic E-state index is 11.3. The van der Waals surface area contributed by atoms with E-state index in [1.807, 2.05) is 0 Å². The Kier molecular flexibility index (Phi) is 4.54. The summed E-state index contributed by atoms with van der Waals surface area (Å²) in [7, 11) is 2.10. The molecule has 0 aliphatic carbocycles. The molecule has 0 spiro atoms. The molecule has 1 aromatic heterocycles. The highest BCUT2D eigenvalue weighted by Gasteiger charge is 2.36. The highest BCUT2D eigenvalue weighted by atomic mass is 32.1. The van der Waals surface area contributed by atoms with Crippen molar-refractivity contribution >= 4 is 17.6 Å². The van der Waals surface area contributed by atoms with E-state index in [4.69, 9.17) is 4.74 Å². The summed E-state index contributed by atoms with van der Waals surface area (Å²) in [6, 6.07) is 4.70.